The summed E-state index contributed by atoms with van der Waals surface area (Å²) in [6, 6.07) is 13.8. The summed E-state index contributed by atoms with van der Waals surface area (Å²) in [6.45, 7) is 5.70. The molecular formula is C31H39N5O3S. The van der Waals surface area contributed by atoms with Crippen molar-refractivity contribution in [3.05, 3.63) is 64.5 Å². The Morgan fingerprint density at radius 3 is 2.50 bits per heavy atom. The third-order valence-electron chi connectivity index (χ3n) is 8.03. The highest BCUT2D eigenvalue weighted by molar-refractivity contribution is 7.14. The van der Waals surface area contributed by atoms with Gasteiger partial charge in [0.05, 0.1) is 12.8 Å². The van der Waals surface area contributed by atoms with Gasteiger partial charge in [-0.05, 0) is 68.0 Å². The van der Waals surface area contributed by atoms with E-state index < -0.39 is 0 Å². The van der Waals surface area contributed by atoms with Gasteiger partial charge in [-0.3, -0.25) is 19.8 Å². The van der Waals surface area contributed by atoms with Crippen molar-refractivity contribution >= 4 is 28.3 Å². The quantitative estimate of drug-likeness (QED) is 0.379. The minimum absolute atomic E-state index is 0.0178. The van der Waals surface area contributed by atoms with Crippen molar-refractivity contribution in [1.29, 1.82) is 0 Å². The molecule has 0 saturated carbocycles. The fraction of sp³-hybridized carbons (Fsp3) is 0.452. The van der Waals surface area contributed by atoms with Crippen LogP contribution in [0.3, 0.4) is 0 Å². The van der Waals surface area contributed by atoms with E-state index in [1.54, 1.807) is 31.4 Å². The number of hydrogen-bond acceptors (Lipinski definition) is 7. The minimum Gasteiger partial charge on any atom is -0.496 e. The van der Waals surface area contributed by atoms with Crippen molar-refractivity contribution in [3.8, 4) is 17.0 Å². The molecule has 2 aliphatic rings. The number of carbonyl (C=O) groups is 2. The van der Waals surface area contributed by atoms with Crippen LogP contribution in [0.15, 0.2) is 47.8 Å². The van der Waals surface area contributed by atoms with Gasteiger partial charge in [0.15, 0.2) is 5.13 Å². The highest BCUT2D eigenvalue weighted by Gasteiger charge is 2.30. The second-order valence-electron chi connectivity index (χ2n) is 10.8. The first-order valence-electron chi connectivity index (χ1n) is 14.3. The SMILES string of the molecule is CCCCc1ccc(-c2csc(NC(=O)c3ccc(C(=O)N4CCC(N5CCC(N)C5)CC4)cc3)n2)cc1OC. The number of nitrogens with two attached hydrogens (primary N) is 1. The molecular weight excluding hydrogens is 522 g/mol. The Morgan fingerprint density at radius 2 is 1.82 bits per heavy atom. The van der Waals surface area contributed by atoms with E-state index in [1.165, 1.54) is 16.9 Å². The Morgan fingerprint density at radius 1 is 1.07 bits per heavy atom. The number of piperidine rings is 1. The van der Waals surface area contributed by atoms with Crippen molar-refractivity contribution in [2.45, 2.75) is 57.5 Å². The number of aromatic nitrogens is 1. The molecule has 0 spiro atoms. The lowest BCUT2D eigenvalue weighted by molar-refractivity contribution is 0.0643. The average molecular weight is 562 g/mol. The van der Waals surface area contributed by atoms with E-state index in [4.69, 9.17) is 10.5 Å². The van der Waals surface area contributed by atoms with Crippen LogP contribution in [0.1, 0.15) is 65.3 Å². The van der Waals surface area contributed by atoms with Crippen LogP contribution in [0, 0.1) is 0 Å². The van der Waals surface area contributed by atoms with Crippen molar-refractivity contribution in [1.82, 2.24) is 14.8 Å². The Hall–Kier alpha value is -3.27. The molecule has 2 amide bonds. The van der Waals surface area contributed by atoms with Gasteiger partial charge in [0.1, 0.15) is 5.75 Å². The van der Waals surface area contributed by atoms with Crippen LogP contribution in [-0.4, -0.2) is 72.0 Å². The third-order valence-corrected chi connectivity index (χ3v) is 8.78. The number of nitrogens with one attached hydrogen (secondary N) is 1. The predicted octanol–water partition coefficient (Wildman–Crippen LogP) is 5.05. The number of thiazole rings is 1. The highest BCUT2D eigenvalue weighted by atomic mass is 32.1. The van der Waals surface area contributed by atoms with Gasteiger partial charge in [0.2, 0.25) is 0 Å². The van der Waals surface area contributed by atoms with Gasteiger partial charge in [-0.15, -0.1) is 11.3 Å². The zero-order chi connectivity index (χ0) is 28.1. The van der Waals surface area contributed by atoms with Crippen LogP contribution >= 0.6 is 11.3 Å². The molecule has 2 aliphatic heterocycles. The molecule has 8 nitrogen and oxygen atoms in total. The standard InChI is InChI=1S/C31H39N5O3S/c1-3-4-5-21-6-11-24(18-28(21)39-2)27-20-40-31(33-27)34-29(37)22-7-9-23(10-8-22)30(38)35-16-13-26(14-17-35)36-15-12-25(32)19-36/h6-11,18,20,25-26H,3-5,12-17,19,32H2,1-2H3,(H,33,34,37). The second kappa shape index (κ2) is 12.9. The van der Waals surface area contributed by atoms with E-state index in [0.717, 1.165) is 81.7 Å². The monoisotopic (exact) mass is 561 g/mol. The molecule has 3 heterocycles. The van der Waals surface area contributed by atoms with E-state index in [2.05, 4.69) is 28.2 Å². The van der Waals surface area contributed by atoms with Crippen molar-refractivity contribution < 1.29 is 14.3 Å². The van der Waals surface area contributed by atoms with Crippen LogP contribution in [0.4, 0.5) is 5.13 Å². The predicted molar refractivity (Wildman–Crippen MR) is 160 cm³/mol. The first kappa shape index (κ1) is 28.3. The van der Waals surface area contributed by atoms with Gasteiger partial charge in [-0.25, -0.2) is 4.98 Å². The fourth-order valence-corrected chi connectivity index (χ4v) is 6.35. The number of aryl methyl sites for hydroxylation is 1. The number of benzene rings is 2. The summed E-state index contributed by atoms with van der Waals surface area (Å²) in [6.07, 6.45) is 6.24. The number of nitrogens with zero attached hydrogens (tertiary/aromatic N) is 3. The van der Waals surface area contributed by atoms with Gasteiger partial charge >= 0.3 is 0 Å². The largest absolute Gasteiger partial charge is 0.496 e. The molecule has 9 heteroatoms. The van der Waals surface area contributed by atoms with E-state index in [9.17, 15) is 9.59 Å². The number of likely N-dealkylation sites (tertiary alicyclic amines) is 2. The summed E-state index contributed by atoms with van der Waals surface area (Å²) >= 11 is 1.38. The normalized spacial score (nSPS) is 18.2. The summed E-state index contributed by atoms with van der Waals surface area (Å²) in [5.41, 5.74) is 10.1. The van der Waals surface area contributed by atoms with Gasteiger partial charge in [-0.2, -0.15) is 0 Å². The molecule has 3 aromatic rings. The molecule has 2 saturated heterocycles. The van der Waals surface area contributed by atoms with Gasteiger partial charge in [0, 0.05) is 60.3 Å². The molecule has 212 valence electrons. The molecule has 40 heavy (non-hydrogen) atoms. The van der Waals surface area contributed by atoms with Crippen molar-refractivity contribution in [2.75, 3.05) is 38.6 Å². The smallest absolute Gasteiger partial charge is 0.257 e. The number of ether oxygens (including phenoxy) is 1. The topological polar surface area (TPSA) is 101 Å². The molecule has 0 bridgehead atoms. The third kappa shape index (κ3) is 6.54. The molecule has 3 N–H and O–H groups in total. The Bertz CT molecular complexity index is 1320. The van der Waals surface area contributed by atoms with Crippen LogP contribution in [0.2, 0.25) is 0 Å². The molecule has 2 fully saturated rings. The maximum Gasteiger partial charge on any atom is 0.257 e. The molecule has 1 unspecified atom stereocenters. The second-order valence-corrected chi connectivity index (χ2v) is 11.6. The number of hydrogen-bond donors (Lipinski definition) is 2. The van der Waals surface area contributed by atoms with Crippen LogP contribution < -0.4 is 15.8 Å². The number of unbranched alkanes of at least 4 members (excludes halogenated alkanes) is 1. The Balaban J connectivity index is 1.16. The van der Waals surface area contributed by atoms with Gasteiger partial charge < -0.3 is 15.4 Å². The molecule has 1 atom stereocenters. The lowest BCUT2D eigenvalue weighted by Gasteiger charge is -2.36. The summed E-state index contributed by atoms with van der Waals surface area (Å²) in [5, 5.41) is 5.35. The van der Waals surface area contributed by atoms with E-state index in [1.807, 2.05) is 22.4 Å². The van der Waals surface area contributed by atoms with Crippen molar-refractivity contribution in [3.63, 3.8) is 0 Å². The van der Waals surface area contributed by atoms with E-state index >= 15 is 0 Å². The number of carbonyl (C=O) groups excluding carboxylic acids is 2. The number of amides is 2. The van der Waals surface area contributed by atoms with E-state index in [0.29, 0.717) is 22.3 Å². The number of rotatable bonds is 9. The van der Waals surface area contributed by atoms with E-state index in [-0.39, 0.29) is 17.9 Å². The van der Waals surface area contributed by atoms with Crippen LogP contribution in [0.25, 0.3) is 11.3 Å². The molecule has 1 aromatic heterocycles. The number of methoxy groups -OCH3 is 1. The Kier molecular flexibility index (Phi) is 9.14. The van der Waals surface area contributed by atoms with Gasteiger partial charge in [0.25, 0.3) is 11.8 Å². The van der Waals surface area contributed by atoms with Crippen LogP contribution in [0.5, 0.6) is 5.75 Å². The lowest BCUT2D eigenvalue weighted by Crippen LogP contribution is -2.46. The summed E-state index contributed by atoms with van der Waals surface area (Å²) in [7, 11) is 1.69. The first-order valence-corrected chi connectivity index (χ1v) is 15.2. The first-order chi connectivity index (χ1) is 19.4. The zero-order valence-electron chi connectivity index (χ0n) is 23.4. The summed E-state index contributed by atoms with van der Waals surface area (Å²) < 4.78 is 5.60. The molecule has 2 aromatic carbocycles. The molecule has 0 radical (unpaired) electrons. The molecule has 5 rings (SSSR count). The maximum absolute atomic E-state index is 13.1. The van der Waals surface area contributed by atoms with Crippen LogP contribution in [-0.2, 0) is 6.42 Å². The van der Waals surface area contributed by atoms with Gasteiger partial charge in [-0.1, -0.05) is 25.5 Å². The molecule has 0 aliphatic carbocycles. The zero-order valence-corrected chi connectivity index (χ0v) is 24.2. The summed E-state index contributed by atoms with van der Waals surface area (Å²) in [4.78, 5) is 35.0. The fourth-order valence-electron chi connectivity index (χ4n) is 5.64. The summed E-state index contributed by atoms with van der Waals surface area (Å²) in [5.74, 6) is 0.626. The highest BCUT2D eigenvalue weighted by Crippen LogP contribution is 2.31. The number of anilines is 1. The minimum atomic E-state index is -0.253. The van der Waals surface area contributed by atoms with Crippen molar-refractivity contribution in [2.24, 2.45) is 5.73 Å². The maximum atomic E-state index is 13.1. The Labute approximate surface area is 240 Å². The average Bonchev–Trinajstić information content (AvgIpc) is 3.65. The lowest BCUT2D eigenvalue weighted by atomic mass is 10.0.